The number of fused-ring (bicyclic) bond motifs is 14. The number of hydrogen-bond donors (Lipinski definition) is 13. The quantitative estimate of drug-likeness (QED) is 0.0384. The number of halogens is 2. The average Bonchev–Trinajstić information content (AvgIpc) is 0.898. The van der Waals surface area contributed by atoms with Gasteiger partial charge in [-0.2, -0.15) is 0 Å². The standard InChI is InChI=1S/C59H45Cl2N9O18/c1-85-59(84)49-32-20-29(72)21-38(75)44(32)31-14-23(3-6-36(31)73)45-54(79)68-50(58(83)67-49)51(76)25-5-9-40(34(61)15-25)88-43-18-27-17-42(52(43)77)87-39-8-2-22(10-33(39)60)11-35-53(78)64-46(55(80)66-47(27)56(81)65-45)26-12-28(71)19-30(13-26)86-41-16-24(4-7-37(41)74)48(69-70-62)57(82)63-35/h2-10,12-21,35,45-51,71-77H,11H2,1H3,(H,63,82)(H,64,78)(H,65,81)(H,66,80)(H,67,83)(H,68,79)/t35-,45-,46+,47-,48?,49-,50+,51-/m1/s1. The lowest BCUT2D eigenvalue weighted by molar-refractivity contribution is -0.146. The van der Waals surface area contributed by atoms with Crippen LogP contribution in [-0.2, 0) is 44.7 Å². The maximum absolute atomic E-state index is 15.8. The van der Waals surface area contributed by atoms with Crippen LogP contribution >= 0.6 is 23.2 Å². The molecular weight excluding hydrogens is 1190 g/mol. The van der Waals surface area contributed by atoms with Gasteiger partial charge in [-0.15, -0.1) is 0 Å². The zero-order chi connectivity index (χ0) is 62.6. The van der Waals surface area contributed by atoms with Crippen molar-refractivity contribution in [3.63, 3.8) is 0 Å². The van der Waals surface area contributed by atoms with E-state index in [0.717, 1.165) is 79.9 Å². The van der Waals surface area contributed by atoms with Crippen LogP contribution in [0.25, 0.3) is 21.6 Å². The molecule has 6 aliphatic rings. The van der Waals surface area contributed by atoms with E-state index in [1.165, 1.54) is 42.5 Å². The topological polar surface area (TPSA) is 419 Å². The number of methoxy groups -OCH3 is 1. The first-order chi connectivity index (χ1) is 42.0. The molecule has 0 fully saturated rings. The molecule has 17 bridgehead atoms. The average molecular weight is 1240 g/mol. The van der Waals surface area contributed by atoms with Crippen LogP contribution in [0.4, 0.5) is 0 Å². The highest BCUT2D eigenvalue weighted by molar-refractivity contribution is 6.32. The largest absolute Gasteiger partial charge is 0.508 e. The third-order valence-electron chi connectivity index (χ3n) is 14.7. The maximum atomic E-state index is 15.8. The van der Waals surface area contributed by atoms with Crippen LogP contribution in [0.5, 0.6) is 69.0 Å². The lowest BCUT2D eigenvalue weighted by Crippen LogP contribution is -2.55. The van der Waals surface area contributed by atoms with E-state index >= 15 is 14.4 Å². The summed E-state index contributed by atoms with van der Waals surface area (Å²) in [5, 5.41) is 98.6. The number of ether oxygens (including phenoxy) is 4. The molecule has 29 heteroatoms. The first-order valence-corrected chi connectivity index (χ1v) is 27.0. The van der Waals surface area contributed by atoms with Crippen LogP contribution in [0.2, 0.25) is 10.0 Å². The predicted octanol–water partition coefficient (Wildman–Crippen LogP) is 6.42. The summed E-state index contributed by atoms with van der Waals surface area (Å²) in [6.45, 7) is 0. The minimum absolute atomic E-state index is 0.0216. The Bertz CT molecular complexity index is 4200. The second-order valence-corrected chi connectivity index (χ2v) is 21.2. The Morgan fingerprint density at radius 1 is 0.557 bits per heavy atom. The maximum Gasteiger partial charge on any atom is 0.333 e. The fourth-order valence-electron chi connectivity index (χ4n) is 10.5. The van der Waals surface area contributed by atoms with Crippen molar-refractivity contribution < 1.29 is 88.3 Å². The zero-order valence-corrected chi connectivity index (χ0v) is 46.5. The lowest BCUT2D eigenvalue weighted by atomic mass is 9.89. The molecule has 6 amide bonds. The normalized spacial score (nSPS) is 21.5. The molecule has 0 radical (unpaired) electrons. The molecule has 8 atom stereocenters. The van der Waals surface area contributed by atoms with Crippen molar-refractivity contribution in [2.75, 3.05) is 7.11 Å². The molecule has 0 saturated carbocycles. The van der Waals surface area contributed by atoms with Gasteiger partial charge < -0.3 is 86.6 Å². The van der Waals surface area contributed by atoms with Crippen molar-refractivity contribution in [2.24, 2.45) is 5.11 Å². The van der Waals surface area contributed by atoms with Gasteiger partial charge in [-0.3, -0.25) is 28.8 Å². The predicted molar refractivity (Wildman–Crippen MR) is 304 cm³/mol. The second-order valence-electron chi connectivity index (χ2n) is 20.4. The number of amides is 6. The highest BCUT2D eigenvalue weighted by Gasteiger charge is 2.41. The number of aromatic hydroxyl groups is 6. The fourth-order valence-corrected chi connectivity index (χ4v) is 10.9. The molecule has 0 aliphatic carbocycles. The van der Waals surface area contributed by atoms with Gasteiger partial charge in [0.2, 0.25) is 41.2 Å². The molecule has 27 nitrogen and oxygen atoms in total. The minimum Gasteiger partial charge on any atom is -0.508 e. The molecular formula is C59H45Cl2N9O18. The van der Waals surface area contributed by atoms with Gasteiger partial charge in [-0.05, 0) is 118 Å². The summed E-state index contributed by atoms with van der Waals surface area (Å²) in [7, 11) is 0.960. The van der Waals surface area contributed by atoms with E-state index in [4.69, 9.17) is 42.1 Å². The van der Waals surface area contributed by atoms with E-state index in [0.29, 0.717) is 0 Å². The molecule has 88 heavy (non-hydrogen) atoms. The van der Waals surface area contributed by atoms with Crippen LogP contribution in [-0.4, -0.2) is 96.4 Å². The third-order valence-corrected chi connectivity index (χ3v) is 15.3. The summed E-state index contributed by atoms with van der Waals surface area (Å²) < 4.78 is 23.4. The molecule has 7 aromatic carbocycles. The molecule has 0 spiro atoms. The lowest BCUT2D eigenvalue weighted by Gasteiger charge is -2.31. The minimum atomic E-state index is -2.18. The second kappa shape index (κ2) is 23.4. The van der Waals surface area contributed by atoms with Gasteiger partial charge in [0.1, 0.15) is 82.6 Å². The molecule has 448 valence electrons. The summed E-state index contributed by atoms with van der Waals surface area (Å²) in [6, 6.07) is 7.92. The number of aliphatic hydroxyl groups excluding tert-OH is 1. The van der Waals surface area contributed by atoms with Gasteiger partial charge in [0.05, 0.1) is 17.2 Å². The number of hydrogen-bond acceptors (Lipinski definition) is 19. The molecule has 13 N–H and O–H groups in total. The van der Waals surface area contributed by atoms with Crippen LogP contribution in [0.1, 0.15) is 75.3 Å². The molecule has 7 aromatic rings. The van der Waals surface area contributed by atoms with Gasteiger partial charge in [0.25, 0.3) is 0 Å². The number of nitrogens with zero attached hydrogens (tertiary/aromatic N) is 3. The number of carbonyl (C=O) groups excluding carboxylic acids is 7. The molecule has 0 aromatic heterocycles. The van der Waals surface area contributed by atoms with Gasteiger partial charge in [0.15, 0.2) is 29.0 Å². The van der Waals surface area contributed by atoms with E-state index < -0.39 is 148 Å². The fraction of sp³-hybridized carbons (Fsp3) is 0.169. The highest BCUT2D eigenvalue weighted by atomic mass is 35.5. The van der Waals surface area contributed by atoms with Gasteiger partial charge in [-0.25, -0.2) is 4.79 Å². The Labute approximate surface area is 504 Å². The molecule has 0 saturated heterocycles. The Morgan fingerprint density at radius 2 is 1.15 bits per heavy atom. The summed E-state index contributed by atoms with van der Waals surface area (Å²) in [5.74, 6) is -14.6. The van der Waals surface area contributed by atoms with Crippen molar-refractivity contribution >= 4 is 64.6 Å². The Balaban J connectivity index is 1.14. The molecule has 13 rings (SSSR count). The van der Waals surface area contributed by atoms with Crippen molar-refractivity contribution in [2.45, 2.75) is 54.8 Å². The Kier molecular flexibility index (Phi) is 15.6. The number of carbonyl (C=O) groups is 7. The Hall–Kier alpha value is -11.1. The van der Waals surface area contributed by atoms with Crippen LogP contribution in [0, 0.1) is 0 Å². The van der Waals surface area contributed by atoms with Crippen molar-refractivity contribution in [1.82, 2.24) is 31.9 Å². The summed E-state index contributed by atoms with van der Waals surface area (Å²) in [6.07, 6.45) is -2.51. The molecule has 1 unspecified atom stereocenters. The van der Waals surface area contributed by atoms with Crippen molar-refractivity contribution in [3.8, 4) is 80.1 Å². The molecule has 6 heterocycles. The number of esters is 1. The SMILES string of the molecule is COC(=O)[C@@H]1NC(=O)[C@H]2NC(=O)[C@H](NC(=O)[C@@H]3NC(=O)[C@H]4NC(=O)[C@@H](Cc5ccc(c(Cl)c5)Oc5cc3cc(c5O)Oc3ccc(cc3Cl)[C@H]2O)NC(=O)C(N=[N+]=[N-])c2ccc(O)c(c2)Oc2cc(O)cc4c2)c2ccc(O)c(c2)-c2c(O)cc(O)cc21. The summed E-state index contributed by atoms with van der Waals surface area (Å²) in [4.78, 5) is 107. The van der Waals surface area contributed by atoms with Gasteiger partial charge in [0, 0.05) is 40.2 Å². The third kappa shape index (κ3) is 11.3. The van der Waals surface area contributed by atoms with Crippen LogP contribution in [0.15, 0.2) is 120 Å². The smallest absolute Gasteiger partial charge is 0.333 e. The number of benzene rings is 7. The monoisotopic (exact) mass is 1240 g/mol. The van der Waals surface area contributed by atoms with Crippen molar-refractivity contribution in [3.05, 3.63) is 175 Å². The summed E-state index contributed by atoms with van der Waals surface area (Å²) >= 11 is 13.7. The number of rotatable bonds is 2. The van der Waals surface area contributed by atoms with Gasteiger partial charge >= 0.3 is 5.97 Å². The van der Waals surface area contributed by atoms with Gasteiger partial charge in [-0.1, -0.05) is 52.6 Å². The number of phenolic OH excluding ortho intramolecular Hbond substituents is 6. The summed E-state index contributed by atoms with van der Waals surface area (Å²) in [5.41, 5.74) is 7.70. The first kappa shape index (κ1) is 58.6. The van der Waals surface area contributed by atoms with E-state index in [2.05, 4.69) is 41.9 Å². The number of aliphatic hydroxyl groups is 1. The van der Waals surface area contributed by atoms with Crippen LogP contribution in [0.3, 0.4) is 0 Å². The van der Waals surface area contributed by atoms with E-state index in [-0.39, 0.29) is 77.6 Å². The number of phenols is 6. The highest BCUT2D eigenvalue weighted by Crippen LogP contribution is 2.48. The van der Waals surface area contributed by atoms with E-state index in [1.54, 1.807) is 0 Å². The Morgan fingerprint density at radius 3 is 1.82 bits per heavy atom. The zero-order valence-electron chi connectivity index (χ0n) is 45.0. The van der Waals surface area contributed by atoms with E-state index in [9.17, 15) is 60.5 Å². The number of azide groups is 1. The first-order valence-electron chi connectivity index (χ1n) is 26.2. The van der Waals surface area contributed by atoms with E-state index in [1.807, 2.05) is 0 Å². The van der Waals surface area contributed by atoms with Crippen molar-refractivity contribution in [1.29, 1.82) is 0 Å². The number of nitrogens with one attached hydrogen (secondary N) is 6. The molecule has 6 aliphatic heterocycles. The van der Waals surface area contributed by atoms with Crippen LogP contribution < -0.4 is 46.1 Å².